The first-order valence-corrected chi connectivity index (χ1v) is 5.43. The molecule has 5 heteroatoms. The first kappa shape index (κ1) is 13.4. The maximum absolute atomic E-state index is 13.3. The van der Waals surface area contributed by atoms with Crippen LogP contribution in [-0.4, -0.2) is 30.3 Å². The van der Waals surface area contributed by atoms with Crippen LogP contribution in [0.25, 0.3) is 0 Å². The molecule has 0 spiro atoms. The molecule has 1 atom stereocenters. The zero-order chi connectivity index (χ0) is 12.8. The third-order valence-corrected chi connectivity index (χ3v) is 2.20. The van der Waals surface area contributed by atoms with E-state index >= 15 is 0 Å². The summed E-state index contributed by atoms with van der Waals surface area (Å²) in [6.45, 7) is 4.55. The van der Waals surface area contributed by atoms with E-state index in [2.05, 4.69) is 5.32 Å². The number of phenolic OH excluding ortho intramolecular Hbond substituents is 1. The number of aromatic hydroxyl groups is 1. The van der Waals surface area contributed by atoms with Crippen molar-refractivity contribution in [2.45, 2.75) is 20.0 Å². The van der Waals surface area contributed by atoms with E-state index < -0.39 is 11.7 Å². The van der Waals surface area contributed by atoms with Crippen molar-refractivity contribution in [2.75, 3.05) is 13.2 Å². The van der Waals surface area contributed by atoms with E-state index in [1.165, 1.54) is 12.1 Å². The lowest BCUT2D eigenvalue weighted by Crippen LogP contribution is -2.32. The van der Waals surface area contributed by atoms with Gasteiger partial charge in [0, 0.05) is 19.2 Å². The normalized spacial score (nSPS) is 12.2. The molecule has 2 N–H and O–H groups in total. The Labute approximate surface area is 99.4 Å². The van der Waals surface area contributed by atoms with Crippen LogP contribution in [0.5, 0.6) is 5.75 Å². The minimum absolute atomic E-state index is 0.0912. The Balaban J connectivity index is 2.58. The van der Waals surface area contributed by atoms with Crippen molar-refractivity contribution < 1.29 is 19.0 Å². The van der Waals surface area contributed by atoms with Crippen LogP contribution in [-0.2, 0) is 4.74 Å². The van der Waals surface area contributed by atoms with Gasteiger partial charge in [0.15, 0.2) is 0 Å². The number of hydrogen-bond acceptors (Lipinski definition) is 3. The summed E-state index contributed by atoms with van der Waals surface area (Å²) >= 11 is 0. The Morgan fingerprint density at radius 3 is 2.88 bits per heavy atom. The number of amides is 1. The second kappa shape index (κ2) is 6.20. The Hall–Kier alpha value is -1.62. The summed E-state index contributed by atoms with van der Waals surface area (Å²) < 4.78 is 18.6. The van der Waals surface area contributed by atoms with Gasteiger partial charge in [0.25, 0.3) is 5.91 Å². The lowest BCUT2D eigenvalue weighted by Gasteiger charge is -2.12. The molecule has 17 heavy (non-hydrogen) atoms. The topological polar surface area (TPSA) is 58.6 Å². The minimum Gasteiger partial charge on any atom is -0.508 e. The molecular weight excluding hydrogens is 225 g/mol. The standard InChI is InChI=1S/C12H16FNO3/c1-3-17-8(2)7-14-12(16)10-5-4-9(15)6-11(10)13/h4-6,8,15H,3,7H2,1-2H3,(H,14,16). The van der Waals surface area contributed by atoms with Gasteiger partial charge in [-0.25, -0.2) is 4.39 Å². The van der Waals surface area contributed by atoms with Crippen LogP contribution in [0.2, 0.25) is 0 Å². The maximum Gasteiger partial charge on any atom is 0.254 e. The monoisotopic (exact) mass is 241 g/mol. The van der Waals surface area contributed by atoms with Crippen molar-refractivity contribution >= 4 is 5.91 Å². The zero-order valence-corrected chi connectivity index (χ0v) is 9.87. The second-order valence-corrected chi connectivity index (χ2v) is 3.64. The molecule has 0 heterocycles. The van der Waals surface area contributed by atoms with E-state index in [1.807, 2.05) is 13.8 Å². The van der Waals surface area contributed by atoms with Crippen LogP contribution >= 0.6 is 0 Å². The molecule has 0 bridgehead atoms. The third-order valence-electron chi connectivity index (χ3n) is 2.20. The molecule has 0 saturated carbocycles. The van der Waals surface area contributed by atoms with Gasteiger partial charge in [-0.2, -0.15) is 0 Å². The fourth-order valence-corrected chi connectivity index (χ4v) is 1.36. The largest absolute Gasteiger partial charge is 0.508 e. The van der Waals surface area contributed by atoms with Crippen LogP contribution in [0, 0.1) is 5.82 Å². The average molecular weight is 241 g/mol. The lowest BCUT2D eigenvalue weighted by molar-refractivity contribution is 0.0693. The van der Waals surface area contributed by atoms with E-state index in [4.69, 9.17) is 9.84 Å². The summed E-state index contributed by atoms with van der Waals surface area (Å²) in [5.41, 5.74) is -0.0912. The number of rotatable bonds is 5. The molecule has 0 saturated heterocycles. The predicted octanol–water partition coefficient (Wildman–Crippen LogP) is 1.69. The van der Waals surface area contributed by atoms with Crippen LogP contribution in [0.1, 0.15) is 24.2 Å². The highest BCUT2D eigenvalue weighted by Gasteiger charge is 2.12. The molecule has 0 aliphatic rings. The molecule has 0 aliphatic heterocycles. The van der Waals surface area contributed by atoms with E-state index in [9.17, 15) is 9.18 Å². The highest BCUT2D eigenvalue weighted by atomic mass is 19.1. The van der Waals surface area contributed by atoms with E-state index in [0.29, 0.717) is 13.2 Å². The van der Waals surface area contributed by atoms with Gasteiger partial charge in [-0.05, 0) is 26.0 Å². The quantitative estimate of drug-likeness (QED) is 0.824. The number of hydrogen-bond donors (Lipinski definition) is 2. The summed E-state index contributed by atoms with van der Waals surface area (Å²) in [6.07, 6.45) is -0.121. The molecule has 1 unspecified atom stereocenters. The smallest absolute Gasteiger partial charge is 0.254 e. The summed E-state index contributed by atoms with van der Waals surface area (Å²) in [5, 5.41) is 11.6. The number of benzene rings is 1. The van der Waals surface area contributed by atoms with Crippen molar-refractivity contribution in [3.8, 4) is 5.75 Å². The van der Waals surface area contributed by atoms with Crippen molar-refractivity contribution in [1.82, 2.24) is 5.32 Å². The molecule has 0 aliphatic carbocycles. The SMILES string of the molecule is CCOC(C)CNC(=O)c1ccc(O)cc1F. The van der Waals surface area contributed by atoms with Gasteiger partial charge < -0.3 is 15.2 Å². The Bertz CT molecular complexity index is 395. The van der Waals surface area contributed by atoms with Crippen molar-refractivity contribution in [3.63, 3.8) is 0 Å². The molecule has 1 aromatic rings. The average Bonchev–Trinajstić information content (AvgIpc) is 2.26. The Morgan fingerprint density at radius 2 is 2.29 bits per heavy atom. The summed E-state index contributed by atoms with van der Waals surface area (Å²) in [6, 6.07) is 3.41. The minimum atomic E-state index is -0.744. The van der Waals surface area contributed by atoms with Crippen LogP contribution < -0.4 is 5.32 Å². The molecule has 4 nitrogen and oxygen atoms in total. The number of carbonyl (C=O) groups is 1. The third kappa shape index (κ3) is 4.03. The number of nitrogens with one attached hydrogen (secondary N) is 1. The zero-order valence-electron chi connectivity index (χ0n) is 9.87. The van der Waals surface area contributed by atoms with Gasteiger partial charge >= 0.3 is 0 Å². The summed E-state index contributed by atoms with van der Waals surface area (Å²) in [4.78, 5) is 11.6. The highest BCUT2D eigenvalue weighted by molar-refractivity contribution is 5.94. The van der Waals surface area contributed by atoms with Crippen LogP contribution in [0.4, 0.5) is 4.39 Å². The van der Waals surface area contributed by atoms with Gasteiger partial charge in [-0.1, -0.05) is 0 Å². The second-order valence-electron chi connectivity index (χ2n) is 3.64. The molecule has 94 valence electrons. The summed E-state index contributed by atoms with van der Waals surface area (Å²) in [5.74, 6) is -1.47. The maximum atomic E-state index is 13.3. The van der Waals surface area contributed by atoms with E-state index in [1.54, 1.807) is 0 Å². The fraction of sp³-hybridized carbons (Fsp3) is 0.417. The lowest BCUT2D eigenvalue weighted by atomic mass is 10.2. The van der Waals surface area contributed by atoms with Gasteiger partial charge in [0.05, 0.1) is 11.7 Å². The van der Waals surface area contributed by atoms with Crippen molar-refractivity contribution in [1.29, 1.82) is 0 Å². The van der Waals surface area contributed by atoms with Gasteiger partial charge in [-0.3, -0.25) is 4.79 Å². The predicted molar refractivity (Wildman–Crippen MR) is 61.5 cm³/mol. The Morgan fingerprint density at radius 1 is 1.59 bits per heavy atom. The number of phenols is 1. The van der Waals surface area contributed by atoms with Gasteiger partial charge in [-0.15, -0.1) is 0 Å². The van der Waals surface area contributed by atoms with Crippen molar-refractivity contribution in [2.24, 2.45) is 0 Å². The first-order valence-electron chi connectivity index (χ1n) is 5.43. The van der Waals surface area contributed by atoms with Gasteiger partial charge in [0.1, 0.15) is 11.6 Å². The van der Waals surface area contributed by atoms with E-state index in [-0.39, 0.29) is 17.4 Å². The number of halogens is 1. The molecule has 1 rings (SSSR count). The molecular formula is C12H16FNO3. The van der Waals surface area contributed by atoms with Crippen LogP contribution in [0.3, 0.4) is 0 Å². The molecule has 0 aromatic heterocycles. The van der Waals surface area contributed by atoms with E-state index in [0.717, 1.165) is 6.07 Å². The molecule has 1 aromatic carbocycles. The van der Waals surface area contributed by atoms with Gasteiger partial charge in [0.2, 0.25) is 0 Å². The fourth-order valence-electron chi connectivity index (χ4n) is 1.36. The number of ether oxygens (including phenoxy) is 1. The van der Waals surface area contributed by atoms with Crippen molar-refractivity contribution in [3.05, 3.63) is 29.6 Å². The highest BCUT2D eigenvalue weighted by Crippen LogP contribution is 2.14. The molecule has 0 fully saturated rings. The molecule has 1 amide bonds. The first-order chi connectivity index (χ1) is 8.04. The number of carbonyl (C=O) groups excluding carboxylic acids is 1. The van der Waals surface area contributed by atoms with Crippen LogP contribution in [0.15, 0.2) is 18.2 Å². The summed E-state index contributed by atoms with van der Waals surface area (Å²) in [7, 11) is 0. The Kier molecular flexibility index (Phi) is 4.90. The molecule has 0 radical (unpaired) electrons.